The molecule has 1 aromatic carbocycles. The van der Waals surface area contributed by atoms with Gasteiger partial charge in [-0.05, 0) is 12.1 Å². The van der Waals surface area contributed by atoms with Crippen molar-refractivity contribution in [3.63, 3.8) is 0 Å². The van der Waals surface area contributed by atoms with Gasteiger partial charge in [-0.2, -0.15) is 0 Å². The number of imidazole rings is 2. The average molecular weight is 288 g/mol. The fourth-order valence-electron chi connectivity index (χ4n) is 1.83. The van der Waals surface area contributed by atoms with Crippen LogP contribution in [0, 0.1) is 0 Å². The van der Waals surface area contributed by atoms with E-state index >= 15 is 0 Å². The van der Waals surface area contributed by atoms with Gasteiger partial charge in [0.1, 0.15) is 6.33 Å². The highest BCUT2D eigenvalue weighted by Crippen LogP contribution is 2.28. The quantitative estimate of drug-likeness (QED) is 0.788. The Morgan fingerprint density at radius 3 is 2.65 bits per heavy atom. The topological polar surface area (TPSA) is 64.7 Å². The summed E-state index contributed by atoms with van der Waals surface area (Å²) in [4.78, 5) is 19.9. The van der Waals surface area contributed by atoms with Gasteiger partial charge in [-0.1, -0.05) is 17.7 Å². The molecule has 6 nitrogen and oxygen atoms in total. The normalized spacial score (nSPS) is 10.4. The Bertz CT molecular complexity index is 721. The lowest BCUT2D eigenvalue weighted by Gasteiger charge is -2.13. The second-order valence-corrected chi connectivity index (χ2v) is 4.41. The van der Waals surface area contributed by atoms with Crippen molar-refractivity contribution in [2.45, 2.75) is 0 Å². The summed E-state index contributed by atoms with van der Waals surface area (Å²) >= 11 is 6.21. The van der Waals surface area contributed by atoms with Crippen LogP contribution in [0.1, 0.15) is 0 Å². The Morgan fingerprint density at radius 2 is 1.95 bits per heavy atom. The number of anilines is 1. The van der Waals surface area contributed by atoms with Crippen molar-refractivity contribution in [1.29, 1.82) is 0 Å². The van der Waals surface area contributed by atoms with E-state index in [1.54, 1.807) is 47.7 Å². The molecule has 0 spiro atoms. The highest BCUT2D eigenvalue weighted by atomic mass is 35.5. The number of benzene rings is 1. The molecular weight excluding hydrogens is 278 g/mol. The van der Waals surface area contributed by atoms with Crippen LogP contribution in [0.4, 0.5) is 10.5 Å². The molecular formula is C13H10ClN5O. The number of para-hydroxylation sites is 1. The molecule has 0 unspecified atom stereocenters. The van der Waals surface area contributed by atoms with Crippen LogP contribution in [0.2, 0.25) is 5.02 Å². The van der Waals surface area contributed by atoms with Gasteiger partial charge in [0.25, 0.3) is 0 Å². The summed E-state index contributed by atoms with van der Waals surface area (Å²) in [5.41, 5.74) is 1.26. The lowest BCUT2D eigenvalue weighted by atomic mass is 10.2. The van der Waals surface area contributed by atoms with Crippen LogP contribution in [-0.4, -0.2) is 25.1 Å². The van der Waals surface area contributed by atoms with Gasteiger partial charge in [0.15, 0.2) is 0 Å². The smallest absolute Gasteiger partial charge is 0.305 e. The Kier molecular flexibility index (Phi) is 3.22. The van der Waals surface area contributed by atoms with Gasteiger partial charge in [-0.25, -0.2) is 14.8 Å². The summed E-state index contributed by atoms with van der Waals surface area (Å²) < 4.78 is 3.09. The van der Waals surface area contributed by atoms with E-state index in [4.69, 9.17) is 11.6 Å². The Balaban J connectivity index is 1.98. The lowest BCUT2D eigenvalue weighted by molar-refractivity contribution is 0.253. The van der Waals surface area contributed by atoms with Crippen molar-refractivity contribution < 1.29 is 4.79 Å². The van der Waals surface area contributed by atoms with Crippen LogP contribution >= 0.6 is 11.6 Å². The first-order chi connectivity index (χ1) is 9.75. The van der Waals surface area contributed by atoms with Gasteiger partial charge in [-0.15, -0.1) is 0 Å². The zero-order chi connectivity index (χ0) is 13.9. The molecule has 1 N–H and O–H groups in total. The van der Waals surface area contributed by atoms with E-state index in [1.165, 1.54) is 17.1 Å². The van der Waals surface area contributed by atoms with Crippen molar-refractivity contribution in [2.75, 3.05) is 5.32 Å². The van der Waals surface area contributed by atoms with E-state index in [0.29, 0.717) is 16.4 Å². The van der Waals surface area contributed by atoms with Crippen molar-refractivity contribution in [3.8, 4) is 5.69 Å². The van der Waals surface area contributed by atoms with E-state index in [1.807, 2.05) is 0 Å². The molecule has 1 amide bonds. The molecule has 0 radical (unpaired) electrons. The molecule has 0 saturated heterocycles. The van der Waals surface area contributed by atoms with Gasteiger partial charge in [-0.3, -0.25) is 4.57 Å². The largest absolute Gasteiger partial charge is 0.331 e. The van der Waals surface area contributed by atoms with Crippen LogP contribution in [0.25, 0.3) is 5.69 Å². The van der Waals surface area contributed by atoms with E-state index in [2.05, 4.69) is 15.3 Å². The molecule has 0 aliphatic rings. The van der Waals surface area contributed by atoms with Crippen LogP contribution in [0.3, 0.4) is 0 Å². The Morgan fingerprint density at radius 1 is 1.15 bits per heavy atom. The predicted molar refractivity (Wildman–Crippen MR) is 75.2 cm³/mol. The van der Waals surface area contributed by atoms with Crippen LogP contribution in [-0.2, 0) is 0 Å². The van der Waals surface area contributed by atoms with Crippen LogP contribution in [0.15, 0.2) is 55.6 Å². The highest BCUT2D eigenvalue weighted by molar-refractivity contribution is 6.33. The fourth-order valence-corrected chi connectivity index (χ4v) is 2.10. The number of hydrogen-bond acceptors (Lipinski definition) is 3. The predicted octanol–water partition coefficient (Wildman–Crippen LogP) is 2.80. The number of aromatic nitrogens is 4. The summed E-state index contributed by atoms with van der Waals surface area (Å²) in [6.45, 7) is 0. The molecule has 3 aromatic rings. The third kappa shape index (κ3) is 2.28. The van der Waals surface area contributed by atoms with Crippen molar-refractivity contribution in [1.82, 2.24) is 19.1 Å². The molecule has 100 valence electrons. The third-order valence-electron chi connectivity index (χ3n) is 2.73. The Hall–Kier alpha value is -2.60. The minimum Gasteiger partial charge on any atom is -0.305 e. The molecule has 0 bridgehead atoms. The summed E-state index contributed by atoms with van der Waals surface area (Å²) in [5.74, 6) is 0. The number of nitrogens with one attached hydrogen (secondary N) is 1. The third-order valence-corrected chi connectivity index (χ3v) is 3.03. The first kappa shape index (κ1) is 12.4. The standard InChI is InChI=1S/C13H10ClN5O/c14-10-2-1-3-11(12(10)18-6-4-15-8-18)17-13(20)19-7-5-16-9-19/h1-9H,(H,17,20). The van der Waals surface area contributed by atoms with Gasteiger partial charge in [0.2, 0.25) is 0 Å². The minimum atomic E-state index is -0.314. The molecule has 0 atom stereocenters. The number of hydrogen-bond donors (Lipinski definition) is 1. The van der Waals surface area contributed by atoms with E-state index in [0.717, 1.165) is 0 Å². The first-order valence-electron chi connectivity index (χ1n) is 5.82. The number of rotatable bonds is 2. The monoisotopic (exact) mass is 287 g/mol. The van der Waals surface area contributed by atoms with Gasteiger partial charge in [0, 0.05) is 24.8 Å². The summed E-state index contributed by atoms with van der Waals surface area (Å²) in [6.07, 6.45) is 9.55. The summed E-state index contributed by atoms with van der Waals surface area (Å²) in [6, 6.07) is 4.98. The van der Waals surface area contributed by atoms with E-state index < -0.39 is 0 Å². The number of halogens is 1. The second-order valence-electron chi connectivity index (χ2n) is 4.01. The van der Waals surface area contributed by atoms with Crippen molar-refractivity contribution in [3.05, 3.63) is 60.7 Å². The molecule has 0 saturated carbocycles. The minimum absolute atomic E-state index is 0.314. The second kappa shape index (κ2) is 5.18. The molecule has 7 heteroatoms. The SMILES string of the molecule is O=C(Nc1cccc(Cl)c1-n1ccnc1)n1ccnc1. The molecule has 0 fully saturated rings. The first-order valence-corrected chi connectivity index (χ1v) is 6.19. The van der Waals surface area contributed by atoms with Gasteiger partial charge in [0.05, 0.1) is 22.7 Å². The zero-order valence-corrected chi connectivity index (χ0v) is 11.0. The number of amides is 1. The number of nitrogens with zero attached hydrogens (tertiary/aromatic N) is 4. The maximum Gasteiger partial charge on any atom is 0.331 e. The van der Waals surface area contributed by atoms with E-state index in [9.17, 15) is 4.79 Å². The maximum absolute atomic E-state index is 12.1. The van der Waals surface area contributed by atoms with E-state index in [-0.39, 0.29) is 6.03 Å². The molecule has 0 aliphatic heterocycles. The lowest BCUT2D eigenvalue weighted by Crippen LogP contribution is -2.19. The van der Waals surface area contributed by atoms with Crippen molar-refractivity contribution >= 4 is 23.3 Å². The summed E-state index contributed by atoms with van der Waals surface area (Å²) in [5, 5.41) is 3.31. The number of carbonyl (C=O) groups is 1. The van der Waals surface area contributed by atoms with Crippen molar-refractivity contribution in [2.24, 2.45) is 0 Å². The number of carbonyl (C=O) groups excluding carboxylic acids is 1. The molecule has 3 rings (SSSR count). The maximum atomic E-state index is 12.1. The summed E-state index contributed by atoms with van der Waals surface area (Å²) in [7, 11) is 0. The average Bonchev–Trinajstić information content (AvgIpc) is 3.12. The molecule has 2 aromatic heterocycles. The molecule has 20 heavy (non-hydrogen) atoms. The van der Waals surface area contributed by atoms with Crippen LogP contribution in [0.5, 0.6) is 0 Å². The fraction of sp³-hybridized carbons (Fsp3) is 0. The van der Waals surface area contributed by atoms with Crippen LogP contribution < -0.4 is 5.32 Å². The zero-order valence-electron chi connectivity index (χ0n) is 10.3. The Labute approximate surface area is 119 Å². The molecule has 0 aliphatic carbocycles. The van der Waals surface area contributed by atoms with Gasteiger partial charge < -0.3 is 9.88 Å². The highest BCUT2D eigenvalue weighted by Gasteiger charge is 2.12. The van der Waals surface area contributed by atoms with Gasteiger partial charge >= 0.3 is 6.03 Å². The molecule has 2 heterocycles.